The van der Waals surface area contributed by atoms with E-state index in [2.05, 4.69) is 212 Å². The molecule has 4 heteroatoms. The highest BCUT2D eigenvalue weighted by Gasteiger charge is 2.41. The molecule has 2 aromatic rings. The maximum atomic E-state index is 2.90. The Morgan fingerprint density at radius 2 is 1.41 bits per heavy atom. The molecule has 1 radical (unpaired) electrons. The molecule has 373 valence electrons. The Morgan fingerprint density at radius 3 is 2.09 bits per heavy atom. The van der Waals surface area contributed by atoms with Crippen LogP contribution in [0.3, 0.4) is 0 Å². The predicted octanol–water partition coefficient (Wildman–Crippen LogP) is 18.3. The smallest absolute Gasteiger partial charge is 0.210 e. The molecule has 1 aromatic carbocycles. The van der Waals surface area contributed by atoms with Gasteiger partial charge in [0.1, 0.15) is 0 Å². The molecule has 1 aliphatic heterocycles. The number of anilines is 1. The van der Waals surface area contributed by atoms with Crippen molar-refractivity contribution in [1.29, 1.82) is 0 Å². The summed E-state index contributed by atoms with van der Waals surface area (Å²) in [6, 6.07) is 5.68. The number of allylic oxidation sites excluding steroid dienone is 13. The molecule has 2 nitrogen and oxygen atoms in total. The summed E-state index contributed by atoms with van der Waals surface area (Å²) in [6.45, 7) is 39.4. The van der Waals surface area contributed by atoms with Gasteiger partial charge in [0.2, 0.25) is 7.28 Å². The van der Waals surface area contributed by atoms with E-state index in [1.165, 1.54) is 74.4 Å². The number of hydrogen-bond donors (Lipinski definition) is 0. The normalized spacial score (nSPS) is 26.8. The van der Waals surface area contributed by atoms with Gasteiger partial charge in [0, 0.05) is 27.2 Å². The number of nitrogens with zero attached hydrogens (tertiary/aromatic N) is 2. The van der Waals surface area contributed by atoms with E-state index >= 15 is 0 Å². The monoisotopic (exact) mass is 954 g/mol. The topological polar surface area (TPSA) is 6.48 Å². The van der Waals surface area contributed by atoms with E-state index in [1.54, 1.807) is 39.0 Å². The first-order valence-electron chi connectivity index (χ1n) is 28.0. The highest BCUT2D eigenvalue weighted by atomic mass is 32.1. The van der Waals surface area contributed by atoms with Crippen molar-refractivity contribution in [2.45, 2.75) is 217 Å². The molecule has 1 aromatic heterocycles. The molecule has 0 saturated carbocycles. The van der Waals surface area contributed by atoms with Crippen LogP contribution in [0.4, 0.5) is 5.69 Å². The van der Waals surface area contributed by atoms with Crippen LogP contribution in [0.5, 0.6) is 0 Å². The van der Waals surface area contributed by atoms with Crippen molar-refractivity contribution in [3.05, 3.63) is 140 Å². The molecule has 2 heterocycles. The first-order chi connectivity index (χ1) is 32.9. The van der Waals surface area contributed by atoms with Crippen LogP contribution in [-0.4, -0.2) is 24.3 Å². The summed E-state index contributed by atoms with van der Waals surface area (Å²) in [4.78, 5) is 5.76. The van der Waals surface area contributed by atoms with Crippen LogP contribution >= 0.6 is 11.3 Å². The molecule has 0 saturated heterocycles. The fourth-order valence-electron chi connectivity index (χ4n) is 13.2. The molecule has 2 bridgehead atoms. The lowest BCUT2D eigenvalue weighted by Gasteiger charge is -2.45. The largest absolute Gasteiger partial charge is 0.338 e. The Morgan fingerprint density at radius 1 is 0.729 bits per heavy atom. The SMILES string of the molecule is CCC1=CCC(N2C3=CC(CC=C3)N(C3=C/CC(C)(C)CCC(C)(C)C/C=C\3)c3c(sc4cc5c(cc34)C(C)(C)CCC5(C)C)[B]C3=C2CCC(C(C)C)=C3)C(C2=C(C(C)C)C(C(C)(C)C)=CCC2)=C1. The van der Waals surface area contributed by atoms with Crippen molar-refractivity contribution in [1.82, 2.24) is 4.90 Å². The first-order valence-corrected chi connectivity index (χ1v) is 28.8. The van der Waals surface area contributed by atoms with E-state index < -0.39 is 0 Å². The Kier molecular flexibility index (Phi) is 13.8. The maximum Gasteiger partial charge on any atom is 0.210 e. The lowest BCUT2D eigenvalue weighted by atomic mass is 9.62. The van der Waals surface area contributed by atoms with Gasteiger partial charge >= 0.3 is 0 Å². The van der Waals surface area contributed by atoms with Gasteiger partial charge in [0.25, 0.3) is 0 Å². The lowest BCUT2D eigenvalue weighted by Crippen LogP contribution is -2.43. The van der Waals surface area contributed by atoms with Crippen molar-refractivity contribution < 1.29 is 0 Å². The Hall–Kier alpha value is -3.76. The number of fused-ring (bicyclic) bond motifs is 5. The second-order valence-electron chi connectivity index (χ2n) is 27.1. The third-order valence-electron chi connectivity index (χ3n) is 17.9. The average Bonchev–Trinajstić information content (AvgIpc) is 3.64. The minimum Gasteiger partial charge on any atom is -0.338 e. The van der Waals surface area contributed by atoms with Crippen LogP contribution < -0.4 is 9.68 Å². The highest BCUT2D eigenvalue weighted by molar-refractivity contribution is 7.29. The standard InChI is InChI=1S/C66H90BN2S/c1-17-44-26-28-56(50(37-44)49-24-19-25-52(62(6,7)8)59(49)43(4)5)69-48-22-18-21-47(39-48)68(46-23-20-31-63(9,10)33-34-64(11,12)32-30-46)60-51-40-53-54(66(15,16)36-35-65(53,13)14)41-58(51)70-61(60)67-55-38-45(42(2)3)27-29-57(55)69/h18,20,22-23,25-26,30,37-43,47,56H,17,19,21,24,27-29,31-36H2,1-16H3/b23-20-,46-30+. The van der Waals surface area contributed by atoms with Crippen molar-refractivity contribution >= 4 is 39.2 Å². The summed E-state index contributed by atoms with van der Waals surface area (Å²) in [5, 5.41) is 1.43. The van der Waals surface area contributed by atoms with Gasteiger partial charge in [-0.1, -0.05) is 170 Å². The number of benzene rings is 1. The van der Waals surface area contributed by atoms with Gasteiger partial charge in [-0.25, -0.2) is 0 Å². The van der Waals surface area contributed by atoms with E-state index in [1.807, 2.05) is 0 Å². The van der Waals surface area contributed by atoms with Gasteiger partial charge in [-0.05, 0) is 191 Å². The summed E-state index contributed by atoms with van der Waals surface area (Å²) < 4.78 is 2.84. The molecule has 2 unspecified atom stereocenters. The lowest BCUT2D eigenvalue weighted by molar-refractivity contribution is 0.241. The molecule has 6 aliphatic carbocycles. The Balaban J connectivity index is 1.34. The second-order valence-corrected chi connectivity index (χ2v) is 28.2. The van der Waals surface area contributed by atoms with Gasteiger partial charge in [-0.3, -0.25) is 0 Å². The van der Waals surface area contributed by atoms with Crippen LogP contribution in [0.1, 0.15) is 205 Å². The van der Waals surface area contributed by atoms with Gasteiger partial charge in [-0.15, -0.1) is 11.3 Å². The zero-order valence-electron chi connectivity index (χ0n) is 46.8. The summed E-state index contributed by atoms with van der Waals surface area (Å²) in [5.74, 6) is 0.939. The van der Waals surface area contributed by atoms with Crippen molar-refractivity contribution in [3.8, 4) is 0 Å². The van der Waals surface area contributed by atoms with E-state index in [4.69, 9.17) is 0 Å². The van der Waals surface area contributed by atoms with Gasteiger partial charge in [-0.2, -0.15) is 0 Å². The van der Waals surface area contributed by atoms with Gasteiger partial charge < -0.3 is 9.80 Å². The molecule has 7 aliphatic rings. The van der Waals surface area contributed by atoms with E-state index in [9.17, 15) is 0 Å². The quantitative estimate of drug-likeness (QED) is 0.266. The predicted molar refractivity (Wildman–Crippen MR) is 308 cm³/mol. The zero-order chi connectivity index (χ0) is 50.3. The molecular formula is C66H90BN2S. The Bertz CT molecular complexity index is 2730. The number of hydrogen-bond acceptors (Lipinski definition) is 3. The summed E-state index contributed by atoms with van der Waals surface area (Å²) >= 11 is 2.06. The van der Waals surface area contributed by atoms with Crippen LogP contribution in [0.2, 0.25) is 0 Å². The van der Waals surface area contributed by atoms with Crippen LogP contribution in [0.25, 0.3) is 10.1 Å². The molecular weight excluding hydrogens is 864 g/mol. The fourth-order valence-corrected chi connectivity index (χ4v) is 14.4. The third-order valence-corrected chi connectivity index (χ3v) is 19.0. The molecule has 0 N–H and O–H groups in total. The van der Waals surface area contributed by atoms with Crippen LogP contribution in [0.15, 0.2) is 129 Å². The average molecular weight is 954 g/mol. The van der Waals surface area contributed by atoms with E-state index in [0.29, 0.717) is 11.8 Å². The second kappa shape index (κ2) is 18.9. The summed E-state index contributed by atoms with van der Waals surface area (Å²) in [5.41, 5.74) is 20.4. The van der Waals surface area contributed by atoms with E-state index in [0.717, 1.165) is 57.8 Å². The van der Waals surface area contributed by atoms with Gasteiger partial charge in [0.05, 0.1) is 17.8 Å². The molecule has 70 heavy (non-hydrogen) atoms. The molecule has 0 spiro atoms. The molecule has 9 rings (SSSR count). The molecule has 0 amide bonds. The molecule has 0 fully saturated rings. The highest BCUT2D eigenvalue weighted by Crippen LogP contribution is 2.52. The van der Waals surface area contributed by atoms with E-state index in [-0.39, 0.29) is 39.2 Å². The van der Waals surface area contributed by atoms with Crippen molar-refractivity contribution in [2.75, 3.05) is 4.90 Å². The van der Waals surface area contributed by atoms with Crippen LogP contribution in [0, 0.1) is 28.1 Å². The molecule has 2 atom stereocenters. The summed E-state index contributed by atoms with van der Waals surface area (Å²) in [6.07, 6.45) is 40.5. The third kappa shape index (κ3) is 9.88. The minimum atomic E-state index is 0.0868. The van der Waals surface area contributed by atoms with Crippen LogP contribution in [-0.2, 0) is 10.8 Å². The minimum absolute atomic E-state index is 0.0868. The van der Waals surface area contributed by atoms with Crippen molar-refractivity contribution in [2.24, 2.45) is 28.1 Å². The number of thiophene rings is 1. The van der Waals surface area contributed by atoms with Crippen molar-refractivity contribution in [3.63, 3.8) is 0 Å². The number of rotatable bonds is 6. The zero-order valence-corrected chi connectivity index (χ0v) is 47.6. The first kappa shape index (κ1) is 51.2. The fraction of sp³-hybridized carbons (Fsp3) is 0.576. The maximum absolute atomic E-state index is 2.90. The Labute approximate surface area is 431 Å². The van der Waals surface area contributed by atoms with Gasteiger partial charge in [0.15, 0.2) is 0 Å². The summed E-state index contributed by atoms with van der Waals surface area (Å²) in [7, 11) is 2.69.